The molecule has 0 aromatic heterocycles. The summed E-state index contributed by atoms with van der Waals surface area (Å²) in [6.45, 7) is 5.72. The standard InChI is InChI=1S/C14H24N2O3/c1-3-5-12(13(17)18)16-14(19)15-11-7-4-6-10(2)8-9-11/h3,10-12H,1,4-9H2,2H3,(H,17,18)(H2,15,16,19). The Labute approximate surface area is 114 Å². The molecule has 3 unspecified atom stereocenters. The fourth-order valence-electron chi connectivity index (χ4n) is 2.40. The van der Waals surface area contributed by atoms with Crippen LogP contribution in [0.4, 0.5) is 4.79 Å². The van der Waals surface area contributed by atoms with Gasteiger partial charge < -0.3 is 15.7 Å². The SMILES string of the molecule is C=CCC(NC(=O)NC1CCCC(C)CC1)C(=O)O. The zero-order valence-corrected chi connectivity index (χ0v) is 11.5. The van der Waals surface area contributed by atoms with Crippen LogP contribution in [-0.2, 0) is 4.79 Å². The maximum Gasteiger partial charge on any atom is 0.326 e. The van der Waals surface area contributed by atoms with E-state index in [9.17, 15) is 9.59 Å². The second kappa shape index (κ2) is 7.81. The minimum atomic E-state index is -1.04. The van der Waals surface area contributed by atoms with Crippen molar-refractivity contribution in [2.24, 2.45) is 5.92 Å². The molecule has 0 aromatic rings. The van der Waals surface area contributed by atoms with Gasteiger partial charge in [0.2, 0.25) is 0 Å². The van der Waals surface area contributed by atoms with E-state index < -0.39 is 18.0 Å². The monoisotopic (exact) mass is 268 g/mol. The van der Waals surface area contributed by atoms with E-state index in [0.717, 1.165) is 25.7 Å². The summed E-state index contributed by atoms with van der Waals surface area (Å²) in [7, 11) is 0. The number of urea groups is 1. The minimum Gasteiger partial charge on any atom is -0.480 e. The van der Waals surface area contributed by atoms with E-state index in [-0.39, 0.29) is 12.5 Å². The van der Waals surface area contributed by atoms with Gasteiger partial charge in [0, 0.05) is 6.04 Å². The third-order valence-electron chi connectivity index (χ3n) is 3.60. The first kappa shape index (κ1) is 15.5. The maximum absolute atomic E-state index is 11.8. The number of nitrogens with one attached hydrogen (secondary N) is 2. The molecule has 0 aromatic carbocycles. The van der Waals surface area contributed by atoms with Gasteiger partial charge in [-0.15, -0.1) is 6.58 Å². The highest BCUT2D eigenvalue weighted by molar-refractivity contribution is 5.82. The number of carboxylic acids is 1. The molecule has 0 spiro atoms. The second-order valence-corrected chi connectivity index (χ2v) is 5.34. The summed E-state index contributed by atoms with van der Waals surface area (Å²) in [6.07, 6.45) is 7.08. The molecule has 0 saturated heterocycles. The molecule has 0 heterocycles. The lowest BCUT2D eigenvalue weighted by Gasteiger charge is -2.19. The van der Waals surface area contributed by atoms with E-state index in [0.29, 0.717) is 5.92 Å². The third kappa shape index (κ3) is 5.77. The average molecular weight is 268 g/mol. The van der Waals surface area contributed by atoms with Crippen LogP contribution in [0.1, 0.15) is 45.4 Å². The van der Waals surface area contributed by atoms with Crippen molar-refractivity contribution in [3.05, 3.63) is 12.7 Å². The number of carboxylic acid groups (broad SMARTS) is 1. The smallest absolute Gasteiger partial charge is 0.326 e. The highest BCUT2D eigenvalue weighted by Gasteiger charge is 2.21. The van der Waals surface area contributed by atoms with Gasteiger partial charge >= 0.3 is 12.0 Å². The molecular formula is C14H24N2O3. The van der Waals surface area contributed by atoms with Crippen LogP contribution in [0.25, 0.3) is 0 Å². The molecule has 2 amide bonds. The molecular weight excluding hydrogens is 244 g/mol. The van der Waals surface area contributed by atoms with E-state index >= 15 is 0 Å². The number of hydrogen-bond donors (Lipinski definition) is 3. The van der Waals surface area contributed by atoms with Crippen LogP contribution in [0, 0.1) is 5.92 Å². The van der Waals surface area contributed by atoms with Crippen LogP contribution in [0.5, 0.6) is 0 Å². The van der Waals surface area contributed by atoms with Crippen LogP contribution >= 0.6 is 0 Å². The lowest BCUT2D eigenvalue weighted by Crippen LogP contribution is -2.48. The molecule has 1 aliphatic rings. The van der Waals surface area contributed by atoms with E-state index in [1.54, 1.807) is 0 Å². The summed E-state index contributed by atoms with van der Waals surface area (Å²) in [6, 6.07) is -1.14. The number of rotatable bonds is 5. The Morgan fingerprint density at radius 1 is 1.37 bits per heavy atom. The van der Waals surface area contributed by atoms with Crippen LogP contribution in [-0.4, -0.2) is 29.2 Å². The Hall–Kier alpha value is -1.52. The molecule has 5 nitrogen and oxygen atoms in total. The predicted octanol–water partition coefficient (Wildman–Crippen LogP) is 2.28. The molecule has 1 aliphatic carbocycles. The molecule has 3 N–H and O–H groups in total. The highest BCUT2D eigenvalue weighted by atomic mass is 16.4. The first-order valence-corrected chi connectivity index (χ1v) is 6.93. The predicted molar refractivity (Wildman–Crippen MR) is 73.9 cm³/mol. The van der Waals surface area contributed by atoms with Crippen molar-refractivity contribution < 1.29 is 14.7 Å². The molecule has 108 valence electrons. The first-order chi connectivity index (χ1) is 9.02. The molecule has 1 fully saturated rings. The van der Waals surface area contributed by atoms with Gasteiger partial charge in [-0.25, -0.2) is 9.59 Å². The van der Waals surface area contributed by atoms with E-state index in [2.05, 4.69) is 24.1 Å². The quantitative estimate of drug-likeness (QED) is 0.528. The zero-order chi connectivity index (χ0) is 14.3. The molecule has 0 aliphatic heterocycles. The Bertz CT molecular complexity index is 331. The van der Waals surface area contributed by atoms with Crippen molar-refractivity contribution >= 4 is 12.0 Å². The largest absolute Gasteiger partial charge is 0.480 e. The Kier molecular flexibility index (Phi) is 6.39. The van der Waals surface area contributed by atoms with Crippen molar-refractivity contribution in [1.82, 2.24) is 10.6 Å². The first-order valence-electron chi connectivity index (χ1n) is 6.93. The molecule has 5 heteroatoms. The molecule has 1 saturated carbocycles. The average Bonchev–Trinajstić information content (AvgIpc) is 2.54. The van der Waals surface area contributed by atoms with Crippen molar-refractivity contribution in [3.63, 3.8) is 0 Å². The second-order valence-electron chi connectivity index (χ2n) is 5.34. The zero-order valence-electron chi connectivity index (χ0n) is 11.5. The summed E-state index contributed by atoms with van der Waals surface area (Å²) in [5.41, 5.74) is 0. The third-order valence-corrected chi connectivity index (χ3v) is 3.60. The Balaban J connectivity index is 2.40. The summed E-state index contributed by atoms with van der Waals surface area (Å²) in [5, 5.41) is 14.3. The number of aliphatic carboxylic acids is 1. The summed E-state index contributed by atoms with van der Waals surface area (Å²) < 4.78 is 0. The van der Waals surface area contributed by atoms with Gasteiger partial charge in [-0.05, 0) is 31.6 Å². The summed E-state index contributed by atoms with van der Waals surface area (Å²) in [4.78, 5) is 22.7. The van der Waals surface area contributed by atoms with Gasteiger partial charge in [0.25, 0.3) is 0 Å². The van der Waals surface area contributed by atoms with E-state index in [1.807, 2.05) is 0 Å². The topological polar surface area (TPSA) is 78.4 Å². The van der Waals surface area contributed by atoms with Gasteiger partial charge in [0.15, 0.2) is 0 Å². The molecule has 0 radical (unpaired) electrons. The van der Waals surface area contributed by atoms with Crippen LogP contribution in [0.3, 0.4) is 0 Å². The van der Waals surface area contributed by atoms with E-state index in [4.69, 9.17) is 5.11 Å². The molecule has 19 heavy (non-hydrogen) atoms. The molecule has 3 atom stereocenters. The lowest BCUT2D eigenvalue weighted by atomic mass is 10.0. The van der Waals surface area contributed by atoms with Gasteiger partial charge in [-0.3, -0.25) is 0 Å². The van der Waals surface area contributed by atoms with Crippen molar-refractivity contribution in [1.29, 1.82) is 0 Å². The van der Waals surface area contributed by atoms with Crippen molar-refractivity contribution in [2.75, 3.05) is 0 Å². The van der Waals surface area contributed by atoms with Crippen LogP contribution in [0.2, 0.25) is 0 Å². The Morgan fingerprint density at radius 3 is 2.74 bits per heavy atom. The van der Waals surface area contributed by atoms with Crippen molar-refractivity contribution in [3.8, 4) is 0 Å². The number of hydrogen-bond acceptors (Lipinski definition) is 2. The lowest BCUT2D eigenvalue weighted by molar-refractivity contribution is -0.139. The fourth-order valence-corrected chi connectivity index (χ4v) is 2.40. The van der Waals surface area contributed by atoms with Crippen LogP contribution in [0.15, 0.2) is 12.7 Å². The van der Waals surface area contributed by atoms with Crippen molar-refractivity contribution in [2.45, 2.75) is 57.5 Å². The van der Waals surface area contributed by atoms with Gasteiger partial charge in [-0.2, -0.15) is 0 Å². The number of carbonyl (C=O) groups is 2. The van der Waals surface area contributed by atoms with Crippen LogP contribution < -0.4 is 10.6 Å². The summed E-state index contributed by atoms with van der Waals surface area (Å²) >= 11 is 0. The van der Waals surface area contributed by atoms with E-state index in [1.165, 1.54) is 12.5 Å². The Morgan fingerprint density at radius 2 is 2.11 bits per heavy atom. The maximum atomic E-state index is 11.8. The molecule has 0 bridgehead atoms. The summed E-state index contributed by atoms with van der Waals surface area (Å²) in [5.74, 6) is -0.327. The van der Waals surface area contributed by atoms with Gasteiger partial charge in [-0.1, -0.05) is 25.8 Å². The minimum absolute atomic E-state index is 0.156. The molecule has 1 rings (SSSR count). The number of carbonyl (C=O) groups excluding carboxylic acids is 1. The number of amides is 2. The van der Waals surface area contributed by atoms with Gasteiger partial charge in [0.1, 0.15) is 6.04 Å². The fraction of sp³-hybridized carbons (Fsp3) is 0.714. The highest BCUT2D eigenvalue weighted by Crippen LogP contribution is 2.22. The van der Waals surface area contributed by atoms with Gasteiger partial charge in [0.05, 0.1) is 0 Å². The normalized spacial score (nSPS) is 24.9.